The van der Waals surface area contributed by atoms with E-state index < -0.39 is 0 Å². The van der Waals surface area contributed by atoms with Crippen molar-refractivity contribution in [2.24, 2.45) is 0 Å². The fourth-order valence-corrected chi connectivity index (χ4v) is 1.64. The standard InChI is InChI=1S/C14H14N/c1-12(14-7-9-15-10-8-14)11-13-5-3-2-4-6-13/h2-10H,11H2,1H3. The van der Waals surface area contributed by atoms with Gasteiger partial charge < -0.3 is 0 Å². The van der Waals surface area contributed by atoms with E-state index in [0.717, 1.165) is 6.42 Å². The van der Waals surface area contributed by atoms with Crippen LogP contribution in [-0.2, 0) is 6.42 Å². The lowest BCUT2D eigenvalue weighted by Gasteiger charge is -2.10. The molecule has 75 valence electrons. The van der Waals surface area contributed by atoms with Gasteiger partial charge in [0, 0.05) is 18.3 Å². The van der Waals surface area contributed by atoms with Crippen LogP contribution in [0.15, 0.2) is 54.9 Å². The first kappa shape index (κ1) is 9.91. The van der Waals surface area contributed by atoms with Crippen molar-refractivity contribution in [2.75, 3.05) is 0 Å². The van der Waals surface area contributed by atoms with E-state index in [9.17, 15) is 0 Å². The normalized spacial score (nSPS) is 10.5. The molecule has 0 spiro atoms. The number of nitrogens with zero attached hydrogens (tertiary/aromatic N) is 1. The smallest absolute Gasteiger partial charge is 0.0270 e. The van der Waals surface area contributed by atoms with E-state index in [0.29, 0.717) is 0 Å². The van der Waals surface area contributed by atoms with Crippen molar-refractivity contribution < 1.29 is 0 Å². The van der Waals surface area contributed by atoms with Gasteiger partial charge in [-0.3, -0.25) is 4.98 Å². The molecule has 0 aliphatic rings. The molecule has 0 bridgehead atoms. The molecule has 1 heteroatoms. The number of pyridine rings is 1. The Labute approximate surface area is 90.8 Å². The summed E-state index contributed by atoms with van der Waals surface area (Å²) in [6.07, 6.45) is 4.68. The first-order chi connectivity index (χ1) is 7.36. The van der Waals surface area contributed by atoms with Gasteiger partial charge >= 0.3 is 0 Å². The summed E-state index contributed by atoms with van der Waals surface area (Å²) in [4.78, 5) is 4.02. The van der Waals surface area contributed by atoms with Crippen LogP contribution in [-0.4, -0.2) is 4.98 Å². The lowest BCUT2D eigenvalue weighted by molar-refractivity contribution is 0.988. The molecule has 0 atom stereocenters. The van der Waals surface area contributed by atoms with Gasteiger partial charge in [-0.05, 0) is 29.7 Å². The molecule has 0 saturated carbocycles. The molecule has 0 amide bonds. The molecule has 2 rings (SSSR count). The van der Waals surface area contributed by atoms with Gasteiger partial charge in [-0.15, -0.1) is 0 Å². The summed E-state index contributed by atoms with van der Waals surface area (Å²) >= 11 is 0. The summed E-state index contributed by atoms with van der Waals surface area (Å²) in [6.45, 7) is 2.17. The fourth-order valence-electron chi connectivity index (χ4n) is 1.64. The summed E-state index contributed by atoms with van der Waals surface area (Å²) in [5, 5.41) is 0. The Morgan fingerprint density at radius 3 is 2.33 bits per heavy atom. The summed E-state index contributed by atoms with van der Waals surface area (Å²) < 4.78 is 0. The molecule has 0 saturated heterocycles. The van der Waals surface area contributed by atoms with E-state index in [1.165, 1.54) is 17.0 Å². The monoisotopic (exact) mass is 196 g/mol. The van der Waals surface area contributed by atoms with Crippen molar-refractivity contribution in [1.82, 2.24) is 4.98 Å². The zero-order valence-corrected chi connectivity index (χ0v) is 8.85. The van der Waals surface area contributed by atoms with Crippen LogP contribution in [0.2, 0.25) is 0 Å². The van der Waals surface area contributed by atoms with E-state index in [1.807, 2.05) is 18.5 Å². The average molecular weight is 196 g/mol. The highest BCUT2D eigenvalue weighted by Gasteiger charge is 2.06. The van der Waals surface area contributed by atoms with Gasteiger partial charge in [0.15, 0.2) is 0 Å². The molecular weight excluding hydrogens is 182 g/mol. The zero-order valence-electron chi connectivity index (χ0n) is 8.85. The van der Waals surface area contributed by atoms with Gasteiger partial charge in [0.1, 0.15) is 0 Å². The quantitative estimate of drug-likeness (QED) is 0.734. The van der Waals surface area contributed by atoms with Gasteiger partial charge in [-0.25, -0.2) is 0 Å². The predicted octanol–water partition coefficient (Wildman–Crippen LogP) is 3.27. The van der Waals surface area contributed by atoms with Crippen LogP contribution < -0.4 is 0 Å². The molecule has 1 nitrogen and oxygen atoms in total. The van der Waals surface area contributed by atoms with Crippen molar-refractivity contribution in [1.29, 1.82) is 0 Å². The van der Waals surface area contributed by atoms with E-state index in [-0.39, 0.29) is 0 Å². The summed E-state index contributed by atoms with van der Waals surface area (Å²) in [7, 11) is 0. The molecule has 1 heterocycles. The number of aromatic nitrogens is 1. The van der Waals surface area contributed by atoms with Crippen LogP contribution in [0.4, 0.5) is 0 Å². The molecule has 0 N–H and O–H groups in total. The number of benzene rings is 1. The maximum Gasteiger partial charge on any atom is 0.0270 e. The largest absolute Gasteiger partial charge is 0.265 e. The average Bonchev–Trinajstić information content (AvgIpc) is 2.31. The Hall–Kier alpha value is -1.63. The minimum atomic E-state index is 1.00. The lowest BCUT2D eigenvalue weighted by atomic mass is 9.95. The van der Waals surface area contributed by atoms with E-state index in [2.05, 4.69) is 48.3 Å². The molecule has 2 aromatic rings. The van der Waals surface area contributed by atoms with Gasteiger partial charge in [0.05, 0.1) is 0 Å². The summed E-state index contributed by atoms with van der Waals surface area (Å²) in [6, 6.07) is 14.6. The second kappa shape index (κ2) is 4.74. The number of hydrogen-bond acceptors (Lipinski definition) is 1. The third-order valence-corrected chi connectivity index (χ3v) is 2.49. The molecule has 15 heavy (non-hydrogen) atoms. The second-order valence-electron chi connectivity index (χ2n) is 3.68. The highest BCUT2D eigenvalue weighted by atomic mass is 14.6. The van der Waals surface area contributed by atoms with Crippen molar-refractivity contribution in [2.45, 2.75) is 13.3 Å². The number of hydrogen-bond donors (Lipinski definition) is 0. The van der Waals surface area contributed by atoms with Gasteiger partial charge in [-0.2, -0.15) is 0 Å². The van der Waals surface area contributed by atoms with Crippen LogP contribution in [0.25, 0.3) is 0 Å². The van der Waals surface area contributed by atoms with Crippen LogP contribution in [0, 0.1) is 5.92 Å². The molecular formula is C14H14N. The SMILES string of the molecule is C[C](Cc1ccccc1)c1ccncc1. The van der Waals surface area contributed by atoms with Crippen molar-refractivity contribution in [3.05, 3.63) is 71.9 Å². The van der Waals surface area contributed by atoms with E-state index in [4.69, 9.17) is 0 Å². The van der Waals surface area contributed by atoms with Crippen LogP contribution >= 0.6 is 0 Å². The third-order valence-electron chi connectivity index (χ3n) is 2.49. The predicted molar refractivity (Wildman–Crippen MR) is 62.4 cm³/mol. The van der Waals surface area contributed by atoms with Crippen LogP contribution in [0.5, 0.6) is 0 Å². The lowest BCUT2D eigenvalue weighted by Crippen LogP contribution is -1.99. The number of rotatable bonds is 3. The zero-order chi connectivity index (χ0) is 10.5. The van der Waals surface area contributed by atoms with Crippen molar-refractivity contribution >= 4 is 0 Å². The minimum Gasteiger partial charge on any atom is -0.265 e. The summed E-state index contributed by atoms with van der Waals surface area (Å²) in [5.74, 6) is 1.38. The molecule has 0 fully saturated rings. The Morgan fingerprint density at radius 1 is 1.00 bits per heavy atom. The molecule has 0 aliphatic carbocycles. The van der Waals surface area contributed by atoms with Gasteiger partial charge in [0.25, 0.3) is 0 Å². The Balaban J connectivity index is 2.08. The maximum atomic E-state index is 4.02. The Bertz CT molecular complexity index is 394. The van der Waals surface area contributed by atoms with E-state index in [1.54, 1.807) is 0 Å². The Kier molecular flexibility index (Phi) is 3.13. The molecule has 0 aliphatic heterocycles. The van der Waals surface area contributed by atoms with Crippen molar-refractivity contribution in [3.63, 3.8) is 0 Å². The maximum absolute atomic E-state index is 4.02. The first-order valence-electron chi connectivity index (χ1n) is 5.13. The molecule has 0 unspecified atom stereocenters. The molecule has 1 aromatic heterocycles. The highest BCUT2D eigenvalue weighted by Crippen LogP contribution is 2.18. The third kappa shape index (κ3) is 2.66. The Morgan fingerprint density at radius 2 is 1.67 bits per heavy atom. The van der Waals surface area contributed by atoms with Crippen LogP contribution in [0.1, 0.15) is 18.1 Å². The minimum absolute atomic E-state index is 1.00. The van der Waals surface area contributed by atoms with Crippen LogP contribution in [0.3, 0.4) is 0 Å². The van der Waals surface area contributed by atoms with E-state index >= 15 is 0 Å². The topological polar surface area (TPSA) is 12.9 Å². The first-order valence-corrected chi connectivity index (χ1v) is 5.13. The van der Waals surface area contributed by atoms with Gasteiger partial charge in [0.2, 0.25) is 0 Å². The second-order valence-corrected chi connectivity index (χ2v) is 3.68. The molecule has 1 aromatic carbocycles. The fraction of sp³-hybridized carbons (Fsp3) is 0.143. The molecule has 1 radical (unpaired) electrons. The van der Waals surface area contributed by atoms with Gasteiger partial charge in [-0.1, -0.05) is 37.3 Å². The van der Waals surface area contributed by atoms with Crippen molar-refractivity contribution in [3.8, 4) is 0 Å². The summed E-state index contributed by atoms with van der Waals surface area (Å²) in [5.41, 5.74) is 2.63. The highest BCUT2D eigenvalue weighted by molar-refractivity contribution is 5.31.